The first-order chi connectivity index (χ1) is 12.6. The Labute approximate surface area is 169 Å². The summed E-state index contributed by atoms with van der Waals surface area (Å²) in [6, 6.07) is 11.7. The summed E-state index contributed by atoms with van der Waals surface area (Å²) in [7, 11) is 0. The lowest BCUT2D eigenvalue weighted by molar-refractivity contribution is 0.0977. The first-order valence-corrected chi connectivity index (χ1v) is 9.97. The number of thiazole rings is 1. The maximum Gasteiger partial charge on any atom is 0.257 e. The molecule has 4 nitrogen and oxygen atoms in total. The molecule has 0 aliphatic carbocycles. The van der Waals surface area contributed by atoms with E-state index < -0.39 is 0 Å². The van der Waals surface area contributed by atoms with Crippen LogP contribution in [0.15, 0.2) is 36.4 Å². The third-order valence-electron chi connectivity index (χ3n) is 4.40. The Morgan fingerprint density at radius 3 is 2.26 bits per heavy atom. The van der Waals surface area contributed by atoms with E-state index in [4.69, 9.17) is 12.2 Å². The minimum absolute atomic E-state index is 0.0506. The Morgan fingerprint density at radius 2 is 1.67 bits per heavy atom. The van der Waals surface area contributed by atoms with Crippen molar-refractivity contribution in [2.75, 3.05) is 5.32 Å². The van der Waals surface area contributed by atoms with E-state index in [1.807, 2.05) is 31.2 Å². The molecule has 0 saturated carbocycles. The number of nitrogens with one attached hydrogen (secondary N) is 2. The highest BCUT2D eigenvalue weighted by molar-refractivity contribution is 7.80. The fourth-order valence-electron chi connectivity index (χ4n) is 2.74. The van der Waals surface area contributed by atoms with Gasteiger partial charge in [-0.2, -0.15) is 0 Å². The number of benzene rings is 2. The van der Waals surface area contributed by atoms with Crippen molar-refractivity contribution in [2.24, 2.45) is 0 Å². The smallest absolute Gasteiger partial charge is 0.257 e. The van der Waals surface area contributed by atoms with E-state index in [1.54, 1.807) is 0 Å². The number of aromatic nitrogens is 1. The van der Waals surface area contributed by atoms with Gasteiger partial charge < -0.3 is 5.32 Å². The summed E-state index contributed by atoms with van der Waals surface area (Å²) < 4.78 is 1.13. The van der Waals surface area contributed by atoms with Crippen molar-refractivity contribution in [3.05, 3.63) is 58.7 Å². The van der Waals surface area contributed by atoms with E-state index in [2.05, 4.69) is 55.4 Å². The van der Waals surface area contributed by atoms with Crippen molar-refractivity contribution >= 4 is 49.9 Å². The summed E-state index contributed by atoms with van der Waals surface area (Å²) in [6.45, 7) is 10.5. The van der Waals surface area contributed by atoms with E-state index in [-0.39, 0.29) is 16.4 Å². The standard InChI is InChI=1S/C21H23N3OS2/c1-12-6-7-13(2)17-16(12)22-20(27-17)24-19(26)23-18(25)14-8-10-15(11-9-14)21(3,4)5/h6-11H,1-5H3,(H2,22,23,24,25,26). The molecule has 0 fully saturated rings. The van der Waals surface area contributed by atoms with Crippen LogP contribution in [0.3, 0.4) is 0 Å². The topological polar surface area (TPSA) is 54.0 Å². The highest BCUT2D eigenvalue weighted by atomic mass is 32.1. The molecule has 0 aliphatic heterocycles. The van der Waals surface area contributed by atoms with Gasteiger partial charge in [0.1, 0.15) is 0 Å². The van der Waals surface area contributed by atoms with Gasteiger partial charge in [0.25, 0.3) is 5.91 Å². The SMILES string of the molecule is Cc1ccc(C)c2sc(NC(=S)NC(=O)c3ccc(C(C)(C)C)cc3)nc12. The largest absolute Gasteiger partial charge is 0.308 e. The molecule has 0 atom stereocenters. The van der Waals surface area contributed by atoms with Crippen LogP contribution in [0.4, 0.5) is 5.13 Å². The second-order valence-corrected chi connectivity index (χ2v) is 9.04. The molecule has 0 radical (unpaired) electrons. The molecule has 140 valence electrons. The van der Waals surface area contributed by atoms with Gasteiger partial charge in [0.2, 0.25) is 0 Å². The zero-order chi connectivity index (χ0) is 19.8. The van der Waals surface area contributed by atoms with Crippen molar-refractivity contribution in [1.29, 1.82) is 0 Å². The van der Waals surface area contributed by atoms with Crippen LogP contribution in [-0.2, 0) is 5.41 Å². The molecule has 6 heteroatoms. The molecule has 0 saturated heterocycles. The van der Waals surface area contributed by atoms with Gasteiger partial charge in [0.05, 0.1) is 10.2 Å². The fraction of sp³-hybridized carbons (Fsp3) is 0.286. The molecule has 0 bridgehead atoms. The molecule has 27 heavy (non-hydrogen) atoms. The molecular weight excluding hydrogens is 374 g/mol. The van der Waals surface area contributed by atoms with Crippen LogP contribution in [-0.4, -0.2) is 16.0 Å². The molecule has 1 amide bonds. The average molecular weight is 398 g/mol. The number of amides is 1. The van der Waals surface area contributed by atoms with Crippen LogP contribution < -0.4 is 10.6 Å². The minimum Gasteiger partial charge on any atom is -0.308 e. The summed E-state index contributed by atoms with van der Waals surface area (Å²) in [4.78, 5) is 17.0. The van der Waals surface area contributed by atoms with E-state index in [1.165, 1.54) is 22.5 Å². The number of anilines is 1. The predicted octanol–water partition coefficient (Wildman–Crippen LogP) is 5.34. The van der Waals surface area contributed by atoms with Crippen LogP contribution >= 0.6 is 23.6 Å². The lowest BCUT2D eigenvalue weighted by Gasteiger charge is -2.19. The average Bonchev–Trinajstić information content (AvgIpc) is 3.02. The fourth-order valence-corrected chi connectivity index (χ4v) is 4.01. The quantitative estimate of drug-likeness (QED) is 0.573. The number of carbonyl (C=O) groups excluding carboxylic acids is 1. The number of nitrogens with zero attached hydrogens (tertiary/aromatic N) is 1. The monoisotopic (exact) mass is 397 g/mol. The molecule has 1 heterocycles. The molecule has 0 unspecified atom stereocenters. The van der Waals surface area contributed by atoms with Gasteiger partial charge in [-0.15, -0.1) is 0 Å². The number of carbonyl (C=O) groups is 1. The molecule has 0 spiro atoms. The normalized spacial score (nSPS) is 11.4. The first-order valence-electron chi connectivity index (χ1n) is 8.75. The van der Waals surface area contributed by atoms with Crippen LogP contribution in [0.5, 0.6) is 0 Å². The summed E-state index contributed by atoms with van der Waals surface area (Å²) in [6.07, 6.45) is 0. The third kappa shape index (κ3) is 4.34. The number of hydrogen-bond acceptors (Lipinski definition) is 4. The Bertz CT molecular complexity index is 975. The predicted molar refractivity (Wildman–Crippen MR) is 118 cm³/mol. The Kier molecular flexibility index (Phi) is 5.31. The van der Waals surface area contributed by atoms with Crippen molar-refractivity contribution in [3.63, 3.8) is 0 Å². The van der Waals surface area contributed by atoms with E-state index in [9.17, 15) is 4.79 Å². The number of rotatable bonds is 2. The summed E-state index contributed by atoms with van der Waals surface area (Å²) in [5, 5.41) is 6.67. The van der Waals surface area contributed by atoms with Crippen LogP contribution in [0.1, 0.15) is 47.8 Å². The molecule has 3 aromatic rings. The molecule has 1 aromatic heterocycles. The van der Waals surface area contributed by atoms with Gasteiger partial charge in [-0.1, -0.05) is 56.4 Å². The highest BCUT2D eigenvalue weighted by Crippen LogP contribution is 2.30. The molecule has 0 aliphatic rings. The first kappa shape index (κ1) is 19.5. The maximum atomic E-state index is 12.4. The van der Waals surface area contributed by atoms with Gasteiger partial charge in [0.15, 0.2) is 10.2 Å². The number of hydrogen-bond donors (Lipinski definition) is 2. The highest BCUT2D eigenvalue weighted by Gasteiger charge is 2.15. The van der Waals surface area contributed by atoms with Crippen molar-refractivity contribution in [2.45, 2.75) is 40.0 Å². The van der Waals surface area contributed by atoms with Crippen molar-refractivity contribution in [1.82, 2.24) is 10.3 Å². The zero-order valence-electron chi connectivity index (χ0n) is 16.1. The van der Waals surface area contributed by atoms with E-state index in [0.29, 0.717) is 10.7 Å². The molecule has 2 aromatic carbocycles. The Balaban J connectivity index is 1.69. The van der Waals surface area contributed by atoms with Crippen LogP contribution in [0.25, 0.3) is 10.2 Å². The zero-order valence-corrected chi connectivity index (χ0v) is 17.8. The van der Waals surface area contributed by atoms with Gasteiger partial charge in [-0.3, -0.25) is 10.1 Å². The third-order valence-corrected chi connectivity index (χ3v) is 5.71. The second kappa shape index (κ2) is 7.37. The number of thiocarbonyl (C=S) groups is 1. The molecule has 3 rings (SSSR count). The lowest BCUT2D eigenvalue weighted by atomic mass is 9.87. The molecular formula is C21H23N3OS2. The molecule has 2 N–H and O–H groups in total. The lowest BCUT2D eigenvalue weighted by Crippen LogP contribution is -2.34. The van der Waals surface area contributed by atoms with E-state index >= 15 is 0 Å². The second-order valence-electron chi connectivity index (χ2n) is 7.63. The van der Waals surface area contributed by atoms with Crippen molar-refractivity contribution in [3.8, 4) is 0 Å². The van der Waals surface area contributed by atoms with Crippen LogP contribution in [0.2, 0.25) is 0 Å². The summed E-state index contributed by atoms with van der Waals surface area (Å²) in [5.41, 5.74) is 5.07. The summed E-state index contributed by atoms with van der Waals surface area (Å²) in [5.74, 6) is -0.235. The van der Waals surface area contributed by atoms with Gasteiger partial charge in [-0.05, 0) is 60.3 Å². The van der Waals surface area contributed by atoms with Gasteiger partial charge in [0, 0.05) is 5.56 Å². The van der Waals surface area contributed by atoms with Crippen molar-refractivity contribution < 1.29 is 4.79 Å². The number of fused-ring (bicyclic) bond motifs is 1. The van der Waals surface area contributed by atoms with Gasteiger partial charge >= 0.3 is 0 Å². The minimum atomic E-state index is -0.235. The summed E-state index contributed by atoms with van der Waals surface area (Å²) >= 11 is 6.82. The maximum absolute atomic E-state index is 12.4. The Morgan fingerprint density at radius 1 is 1.04 bits per heavy atom. The number of aryl methyl sites for hydroxylation is 2. The van der Waals surface area contributed by atoms with Crippen LogP contribution in [0, 0.1) is 13.8 Å². The van der Waals surface area contributed by atoms with Gasteiger partial charge in [-0.25, -0.2) is 4.98 Å². The Hall–Kier alpha value is -2.31. The van der Waals surface area contributed by atoms with E-state index in [0.717, 1.165) is 15.8 Å².